The first-order valence-electron chi connectivity index (χ1n) is 17.7. The first kappa shape index (κ1) is 44.6. The number of rotatable bonds is 16. The molecule has 0 amide bonds. The number of nitrogens with zero attached hydrogens (tertiary/aromatic N) is 6. The predicted octanol–water partition coefficient (Wildman–Crippen LogP) is 3.55. The number of anilines is 10. The van der Waals surface area contributed by atoms with Crippen molar-refractivity contribution in [3.63, 3.8) is 0 Å². The Hall–Kier alpha value is -6.91. The van der Waals surface area contributed by atoms with Gasteiger partial charge in [0.15, 0.2) is 0 Å². The van der Waals surface area contributed by atoms with Crippen molar-refractivity contribution in [2.45, 2.75) is 27.3 Å². The lowest BCUT2D eigenvalue weighted by Crippen LogP contribution is -2.32. The molecule has 23 nitrogen and oxygen atoms in total. The Bertz CT molecular complexity index is 3010. The van der Waals surface area contributed by atoms with Crippen molar-refractivity contribution in [1.82, 2.24) is 29.9 Å². The average molecular weight is 907 g/mol. The van der Waals surface area contributed by atoms with Crippen molar-refractivity contribution in [2.75, 3.05) is 46.0 Å². The zero-order valence-corrected chi connectivity index (χ0v) is 35.0. The molecule has 6 aromatic rings. The minimum absolute atomic E-state index is 0.0147. The second-order valence-electron chi connectivity index (χ2n) is 13.2. The molecule has 0 saturated heterocycles. The molecule has 0 aliphatic rings. The van der Waals surface area contributed by atoms with E-state index in [0.29, 0.717) is 16.9 Å². The van der Waals surface area contributed by atoms with Crippen LogP contribution in [0.5, 0.6) is 0 Å². The van der Waals surface area contributed by atoms with Crippen molar-refractivity contribution in [2.24, 2.45) is 10.9 Å². The van der Waals surface area contributed by atoms with E-state index in [0.717, 1.165) is 12.1 Å². The fourth-order valence-electron chi connectivity index (χ4n) is 5.46. The molecule has 324 valence electrons. The lowest BCUT2D eigenvalue weighted by atomic mass is 10.1. The standard InChI is InChI=1S/C36H38N14O9S3/c1-36(37,51)22-8-12-23(13-9-22)41-32-45-30(39-2)47-34(49-32)43-25-10-6-20(28(18-25)61(54,55)56)4-5-21-7-11-26(19-29(21)62(57,58)59)44-35-48-31(40-3)46-33(50-35)42-24-14-16-27(17-15-24)60(38,52)53/h4-19,51H,37H2,1-3H3,(H2,38,52,53)(H,54,55,56)(H,57,58,59)(H3,39,41,43,45,47,49)(H3,40,42,44,46,48,50)/b5-4+. The fourth-order valence-corrected chi connectivity index (χ4v) is 7.40. The van der Waals surface area contributed by atoms with E-state index in [-0.39, 0.29) is 63.1 Å². The monoisotopic (exact) mass is 906 g/mol. The second kappa shape index (κ2) is 17.6. The number of aliphatic hydroxyl groups is 1. The third kappa shape index (κ3) is 11.5. The Morgan fingerprint density at radius 3 is 1.18 bits per heavy atom. The van der Waals surface area contributed by atoms with Gasteiger partial charge in [0.25, 0.3) is 20.2 Å². The third-order valence-corrected chi connectivity index (χ3v) is 11.2. The van der Waals surface area contributed by atoms with Crippen molar-refractivity contribution in [1.29, 1.82) is 0 Å². The highest BCUT2D eigenvalue weighted by molar-refractivity contribution is 7.89. The Balaban J connectivity index is 1.24. The number of benzene rings is 4. The molecule has 0 radical (unpaired) electrons. The van der Waals surface area contributed by atoms with Gasteiger partial charge < -0.3 is 42.7 Å². The fraction of sp³-hybridized carbons (Fsp3) is 0.111. The Labute approximate surface area is 354 Å². The number of aromatic nitrogens is 6. The topological polar surface area (TPSA) is 365 Å². The maximum Gasteiger partial charge on any atom is 0.295 e. The van der Waals surface area contributed by atoms with Gasteiger partial charge in [0, 0.05) is 36.8 Å². The Kier molecular flexibility index (Phi) is 12.7. The lowest BCUT2D eigenvalue weighted by molar-refractivity contribution is 0.0647. The van der Waals surface area contributed by atoms with Crippen LogP contribution in [0.1, 0.15) is 23.6 Å². The number of hydrogen-bond acceptors (Lipinski definition) is 20. The number of nitrogens with two attached hydrogens (primary N) is 2. The summed E-state index contributed by atoms with van der Waals surface area (Å²) in [4.78, 5) is 24.3. The van der Waals surface area contributed by atoms with Crippen LogP contribution >= 0.6 is 0 Å². The maximum absolute atomic E-state index is 12.6. The van der Waals surface area contributed by atoms with Crippen LogP contribution in [-0.4, -0.2) is 83.5 Å². The molecule has 13 N–H and O–H groups in total. The van der Waals surface area contributed by atoms with Gasteiger partial charge in [0.1, 0.15) is 15.5 Å². The molecule has 0 aliphatic heterocycles. The van der Waals surface area contributed by atoms with E-state index in [2.05, 4.69) is 61.8 Å². The van der Waals surface area contributed by atoms with Gasteiger partial charge in [-0.05, 0) is 84.3 Å². The minimum Gasteiger partial charge on any atom is -0.372 e. The lowest BCUT2D eigenvalue weighted by Gasteiger charge is -2.18. The van der Waals surface area contributed by atoms with E-state index < -0.39 is 45.8 Å². The molecular weight excluding hydrogens is 869 g/mol. The van der Waals surface area contributed by atoms with Crippen LogP contribution in [0.4, 0.5) is 58.4 Å². The number of hydrogen-bond donors (Lipinski definition) is 11. The van der Waals surface area contributed by atoms with Crippen LogP contribution in [0, 0.1) is 0 Å². The summed E-state index contributed by atoms with van der Waals surface area (Å²) in [5, 5.41) is 32.4. The summed E-state index contributed by atoms with van der Waals surface area (Å²) < 4.78 is 93.9. The quantitative estimate of drug-likeness (QED) is 0.0376. The predicted molar refractivity (Wildman–Crippen MR) is 231 cm³/mol. The summed E-state index contributed by atoms with van der Waals surface area (Å²) in [6.07, 6.45) is 2.45. The Morgan fingerprint density at radius 1 is 0.532 bits per heavy atom. The van der Waals surface area contributed by atoms with E-state index in [1.54, 1.807) is 38.4 Å². The highest BCUT2D eigenvalue weighted by Crippen LogP contribution is 2.29. The molecule has 6 rings (SSSR count). The first-order chi connectivity index (χ1) is 29.1. The van der Waals surface area contributed by atoms with Crippen molar-refractivity contribution in [3.05, 3.63) is 102 Å². The van der Waals surface area contributed by atoms with E-state index >= 15 is 0 Å². The van der Waals surface area contributed by atoms with E-state index in [4.69, 9.17) is 10.9 Å². The molecule has 0 aliphatic carbocycles. The summed E-state index contributed by atoms with van der Waals surface area (Å²) in [5.41, 5.74) is 5.75. The maximum atomic E-state index is 12.6. The molecular formula is C36H38N14O9S3. The highest BCUT2D eigenvalue weighted by atomic mass is 32.2. The van der Waals surface area contributed by atoms with Crippen molar-refractivity contribution < 1.29 is 39.5 Å². The molecule has 0 spiro atoms. The number of primary sulfonamides is 1. The van der Waals surface area contributed by atoms with Gasteiger partial charge in [-0.25, -0.2) is 13.6 Å². The van der Waals surface area contributed by atoms with Gasteiger partial charge in [-0.3, -0.25) is 9.11 Å². The average Bonchev–Trinajstić information content (AvgIpc) is 3.19. The molecule has 1 unspecified atom stereocenters. The number of nitrogens with one attached hydrogen (secondary N) is 6. The first-order valence-corrected chi connectivity index (χ1v) is 22.1. The molecule has 4 aromatic carbocycles. The SMILES string of the molecule is CNc1nc(Nc2ccc(C(C)(N)O)cc2)nc(Nc2ccc(/C=C/c3ccc(Nc4nc(NC)nc(Nc5ccc(S(N)(=O)=O)cc5)n4)cc3S(=O)(=O)O)c(S(=O)(=O)O)c2)n1. The van der Waals surface area contributed by atoms with Gasteiger partial charge in [0.05, 0.1) is 4.90 Å². The molecule has 26 heteroatoms. The molecule has 2 aromatic heterocycles. The van der Waals surface area contributed by atoms with Crippen molar-refractivity contribution in [3.8, 4) is 0 Å². The molecule has 0 bridgehead atoms. The van der Waals surface area contributed by atoms with E-state index in [1.165, 1.54) is 67.6 Å². The van der Waals surface area contributed by atoms with Crippen LogP contribution < -0.4 is 42.8 Å². The second-order valence-corrected chi connectivity index (χ2v) is 17.5. The summed E-state index contributed by atoms with van der Waals surface area (Å²) >= 11 is 0. The summed E-state index contributed by atoms with van der Waals surface area (Å²) in [5.74, 6) is 0.257. The van der Waals surface area contributed by atoms with E-state index in [1.807, 2.05) is 0 Å². The molecule has 2 heterocycles. The Morgan fingerprint density at radius 2 is 0.855 bits per heavy atom. The van der Waals surface area contributed by atoms with Crippen LogP contribution in [0.3, 0.4) is 0 Å². The zero-order valence-electron chi connectivity index (χ0n) is 32.6. The number of sulfonamides is 1. The van der Waals surface area contributed by atoms with Gasteiger partial charge in [0.2, 0.25) is 45.7 Å². The summed E-state index contributed by atoms with van der Waals surface area (Å²) in [6.45, 7) is 1.44. The van der Waals surface area contributed by atoms with Gasteiger partial charge >= 0.3 is 0 Å². The van der Waals surface area contributed by atoms with Crippen LogP contribution in [0.2, 0.25) is 0 Å². The van der Waals surface area contributed by atoms with Crippen LogP contribution in [-0.2, 0) is 36.0 Å². The van der Waals surface area contributed by atoms with Gasteiger partial charge in [-0.1, -0.05) is 36.4 Å². The minimum atomic E-state index is -4.89. The van der Waals surface area contributed by atoms with E-state index in [9.17, 15) is 39.5 Å². The molecule has 0 saturated carbocycles. The highest BCUT2D eigenvalue weighted by Gasteiger charge is 2.20. The molecule has 0 fully saturated rings. The van der Waals surface area contributed by atoms with Crippen molar-refractivity contribution >= 4 is 101 Å². The van der Waals surface area contributed by atoms with Gasteiger partial charge in [-0.15, -0.1) is 0 Å². The smallest absolute Gasteiger partial charge is 0.295 e. The van der Waals surface area contributed by atoms with Gasteiger partial charge in [-0.2, -0.15) is 46.7 Å². The summed E-state index contributed by atoms with van der Waals surface area (Å²) in [7, 11) is -10.6. The molecule has 62 heavy (non-hydrogen) atoms. The van der Waals surface area contributed by atoms with Crippen LogP contribution in [0.15, 0.2) is 99.6 Å². The van der Waals surface area contributed by atoms with Crippen LogP contribution in [0.25, 0.3) is 12.2 Å². The zero-order chi connectivity index (χ0) is 45.0. The normalized spacial score (nSPS) is 13.0. The molecule has 1 atom stereocenters. The largest absolute Gasteiger partial charge is 0.372 e. The summed E-state index contributed by atoms with van der Waals surface area (Å²) in [6, 6.07) is 19.7. The third-order valence-electron chi connectivity index (χ3n) is 8.42.